The zero-order valence-electron chi connectivity index (χ0n) is 11.5. The van der Waals surface area contributed by atoms with Crippen molar-refractivity contribution in [2.75, 3.05) is 19.7 Å². The molecule has 0 bridgehead atoms. The molecular formula is C14H23NO4. The number of amides is 1. The molecule has 108 valence electrons. The molecule has 1 aliphatic carbocycles. The smallest absolute Gasteiger partial charge is 0.306 e. The van der Waals surface area contributed by atoms with Crippen molar-refractivity contribution < 1.29 is 19.4 Å². The van der Waals surface area contributed by atoms with Gasteiger partial charge >= 0.3 is 5.97 Å². The van der Waals surface area contributed by atoms with Gasteiger partial charge in [-0.25, -0.2) is 0 Å². The second-order valence-corrected chi connectivity index (χ2v) is 5.53. The van der Waals surface area contributed by atoms with Gasteiger partial charge in [-0.3, -0.25) is 9.59 Å². The molecule has 2 fully saturated rings. The Morgan fingerprint density at radius 2 is 1.79 bits per heavy atom. The normalized spacial score (nSPS) is 28.6. The number of carboxylic acid groups (broad SMARTS) is 1. The summed E-state index contributed by atoms with van der Waals surface area (Å²) in [5, 5.41) is 8.98. The van der Waals surface area contributed by atoms with Gasteiger partial charge in [0, 0.05) is 25.6 Å². The molecule has 1 saturated heterocycles. The predicted octanol–water partition coefficient (Wildman–Crippen LogP) is 1.51. The number of carbonyl (C=O) groups excluding carboxylic acids is 1. The standard InChI is InChI=1S/C14H23NO4/c1-2-19-12-5-7-15(8-6-12)13(16)10-3-4-11(9-10)14(17)18/h10-12H,2-9H2,1H3,(H,17,18)/t10-,11+/m1/s1. The topological polar surface area (TPSA) is 66.8 Å². The van der Waals surface area contributed by atoms with Gasteiger partial charge in [0.05, 0.1) is 12.0 Å². The molecule has 2 aliphatic rings. The van der Waals surface area contributed by atoms with Crippen molar-refractivity contribution >= 4 is 11.9 Å². The van der Waals surface area contributed by atoms with E-state index in [9.17, 15) is 9.59 Å². The van der Waals surface area contributed by atoms with Crippen LogP contribution in [0.4, 0.5) is 0 Å². The van der Waals surface area contributed by atoms with E-state index in [4.69, 9.17) is 9.84 Å². The summed E-state index contributed by atoms with van der Waals surface area (Å²) in [5.74, 6) is -1.01. The third-order valence-electron chi connectivity index (χ3n) is 4.29. The Morgan fingerprint density at radius 1 is 1.16 bits per heavy atom. The largest absolute Gasteiger partial charge is 0.481 e. The molecule has 1 amide bonds. The molecule has 0 aromatic heterocycles. The van der Waals surface area contributed by atoms with Crippen LogP contribution in [0.2, 0.25) is 0 Å². The Labute approximate surface area is 113 Å². The number of hydrogen-bond donors (Lipinski definition) is 1. The van der Waals surface area contributed by atoms with E-state index in [1.54, 1.807) is 0 Å². The van der Waals surface area contributed by atoms with Gasteiger partial charge < -0.3 is 14.7 Å². The maximum Gasteiger partial charge on any atom is 0.306 e. The molecule has 5 heteroatoms. The minimum absolute atomic E-state index is 0.0789. The Morgan fingerprint density at radius 3 is 2.32 bits per heavy atom. The molecule has 0 unspecified atom stereocenters. The highest BCUT2D eigenvalue weighted by Crippen LogP contribution is 2.33. The molecule has 2 rings (SSSR count). The van der Waals surface area contributed by atoms with Crippen molar-refractivity contribution in [1.82, 2.24) is 4.90 Å². The second-order valence-electron chi connectivity index (χ2n) is 5.53. The third-order valence-corrected chi connectivity index (χ3v) is 4.29. The van der Waals surface area contributed by atoms with Crippen LogP contribution in [0.3, 0.4) is 0 Å². The van der Waals surface area contributed by atoms with Gasteiger partial charge in [0.1, 0.15) is 0 Å². The summed E-state index contributed by atoms with van der Waals surface area (Å²) in [4.78, 5) is 25.1. The number of hydrogen-bond acceptors (Lipinski definition) is 3. The first-order valence-electron chi connectivity index (χ1n) is 7.25. The summed E-state index contributed by atoms with van der Waals surface area (Å²) >= 11 is 0. The van der Waals surface area contributed by atoms with Crippen LogP contribution in [-0.2, 0) is 14.3 Å². The molecule has 0 aromatic rings. The zero-order valence-corrected chi connectivity index (χ0v) is 11.5. The second kappa shape index (κ2) is 6.37. The van der Waals surface area contributed by atoms with E-state index >= 15 is 0 Å². The minimum Gasteiger partial charge on any atom is -0.481 e. The molecule has 5 nitrogen and oxygen atoms in total. The lowest BCUT2D eigenvalue weighted by Crippen LogP contribution is -2.43. The fourth-order valence-electron chi connectivity index (χ4n) is 3.17. The van der Waals surface area contributed by atoms with Crippen LogP contribution < -0.4 is 0 Å². The van der Waals surface area contributed by atoms with E-state index in [1.165, 1.54) is 0 Å². The summed E-state index contributed by atoms with van der Waals surface area (Å²) in [5.41, 5.74) is 0. The van der Waals surface area contributed by atoms with E-state index in [2.05, 4.69) is 0 Å². The highest BCUT2D eigenvalue weighted by Gasteiger charge is 2.36. The number of rotatable bonds is 4. The lowest BCUT2D eigenvalue weighted by Gasteiger charge is -2.33. The summed E-state index contributed by atoms with van der Waals surface area (Å²) in [7, 11) is 0. The molecule has 19 heavy (non-hydrogen) atoms. The van der Waals surface area contributed by atoms with Crippen molar-refractivity contribution in [2.45, 2.75) is 45.1 Å². The monoisotopic (exact) mass is 269 g/mol. The van der Waals surface area contributed by atoms with E-state index in [0.717, 1.165) is 39.0 Å². The van der Waals surface area contributed by atoms with Gasteiger partial charge in [0.25, 0.3) is 0 Å². The fraction of sp³-hybridized carbons (Fsp3) is 0.857. The Balaban J connectivity index is 1.80. The van der Waals surface area contributed by atoms with Crippen LogP contribution in [0.5, 0.6) is 0 Å². The quantitative estimate of drug-likeness (QED) is 0.840. The molecular weight excluding hydrogens is 246 g/mol. The Kier molecular flexibility index (Phi) is 4.80. The van der Waals surface area contributed by atoms with Gasteiger partial charge in [-0.15, -0.1) is 0 Å². The molecule has 0 spiro atoms. The number of likely N-dealkylation sites (tertiary alicyclic amines) is 1. The average Bonchev–Trinajstić information content (AvgIpc) is 2.89. The van der Waals surface area contributed by atoms with Crippen LogP contribution in [-0.4, -0.2) is 47.7 Å². The average molecular weight is 269 g/mol. The lowest BCUT2D eigenvalue weighted by atomic mass is 10.0. The SMILES string of the molecule is CCOC1CCN(C(=O)[C@@H]2CC[C@H](C(=O)O)C2)CC1. The van der Waals surface area contributed by atoms with Gasteiger partial charge in [0.2, 0.25) is 5.91 Å². The van der Waals surface area contributed by atoms with Crippen LogP contribution >= 0.6 is 0 Å². The molecule has 2 atom stereocenters. The number of ether oxygens (including phenoxy) is 1. The van der Waals surface area contributed by atoms with E-state index in [1.807, 2.05) is 11.8 Å². The zero-order chi connectivity index (χ0) is 13.8. The number of carbonyl (C=O) groups is 2. The molecule has 0 radical (unpaired) electrons. The molecule has 0 aromatic carbocycles. The van der Waals surface area contributed by atoms with E-state index in [0.29, 0.717) is 12.8 Å². The van der Waals surface area contributed by atoms with Crippen LogP contribution in [0.1, 0.15) is 39.0 Å². The first-order valence-corrected chi connectivity index (χ1v) is 7.25. The first kappa shape index (κ1) is 14.3. The van der Waals surface area contributed by atoms with Crippen LogP contribution in [0, 0.1) is 11.8 Å². The van der Waals surface area contributed by atoms with E-state index in [-0.39, 0.29) is 23.8 Å². The maximum absolute atomic E-state index is 12.3. The van der Waals surface area contributed by atoms with Crippen molar-refractivity contribution in [3.63, 3.8) is 0 Å². The summed E-state index contributed by atoms with van der Waals surface area (Å²) < 4.78 is 5.57. The maximum atomic E-state index is 12.3. The van der Waals surface area contributed by atoms with Crippen molar-refractivity contribution in [3.05, 3.63) is 0 Å². The van der Waals surface area contributed by atoms with Crippen molar-refractivity contribution in [1.29, 1.82) is 0 Å². The highest BCUT2D eigenvalue weighted by molar-refractivity contribution is 5.81. The van der Waals surface area contributed by atoms with Gasteiger partial charge in [-0.1, -0.05) is 0 Å². The summed E-state index contributed by atoms with van der Waals surface area (Å²) in [6, 6.07) is 0. The lowest BCUT2D eigenvalue weighted by molar-refractivity contribution is -0.142. The minimum atomic E-state index is -0.759. The number of piperidine rings is 1. The number of nitrogens with zero attached hydrogens (tertiary/aromatic N) is 1. The van der Waals surface area contributed by atoms with E-state index < -0.39 is 5.97 Å². The highest BCUT2D eigenvalue weighted by atomic mass is 16.5. The third kappa shape index (κ3) is 3.47. The number of carboxylic acids is 1. The van der Waals surface area contributed by atoms with Crippen LogP contribution in [0.15, 0.2) is 0 Å². The summed E-state index contributed by atoms with van der Waals surface area (Å²) in [6.07, 6.45) is 3.95. The fourth-order valence-corrected chi connectivity index (χ4v) is 3.17. The van der Waals surface area contributed by atoms with Gasteiger partial charge in [-0.2, -0.15) is 0 Å². The number of aliphatic carboxylic acids is 1. The van der Waals surface area contributed by atoms with Crippen molar-refractivity contribution in [2.24, 2.45) is 11.8 Å². The molecule has 1 heterocycles. The first-order chi connectivity index (χ1) is 9.11. The van der Waals surface area contributed by atoms with Crippen molar-refractivity contribution in [3.8, 4) is 0 Å². The Hall–Kier alpha value is -1.10. The molecule has 1 aliphatic heterocycles. The predicted molar refractivity (Wildman–Crippen MR) is 69.7 cm³/mol. The van der Waals surface area contributed by atoms with Gasteiger partial charge in [0.15, 0.2) is 0 Å². The van der Waals surface area contributed by atoms with Crippen LogP contribution in [0.25, 0.3) is 0 Å². The van der Waals surface area contributed by atoms with Gasteiger partial charge in [-0.05, 0) is 39.0 Å². The molecule has 1 saturated carbocycles. The Bertz CT molecular complexity index is 336. The molecule has 1 N–H and O–H groups in total. The summed E-state index contributed by atoms with van der Waals surface area (Å²) in [6.45, 7) is 4.21.